The molecule has 1 saturated carbocycles. The molecule has 0 bridgehead atoms. The lowest BCUT2D eigenvalue weighted by Gasteiger charge is -2.27. The van der Waals surface area contributed by atoms with Crippen molar-refractivity contribution in [2.24, 2.45) is 5.92 Å². The molecule has 2 aromatic heterocycles. The summed E-state index contributed by atoms with van der Waals surface area (Å²) in [5.41, 5.74) is 3.86. The van der Waals surface area contributed by atoms with Gasteiger partial charge in [-0.25, -0.2) is 4.98 Å². The van der Waals surface area contributed by atoms with Gasteiger partial charge in [-0.05, 0) is 24.0 Å². The highest BCUT2D eigenvalue weighted by atomic mass is 35.5. The van der Waals surface area contributed by atoms with Crippen LogP contribution in [0.15, 0.2) is 12.3 Å². The molecule has 0 radical (unpaired) electrons. The molecule has 2 aromatic rings. The van der Waals surface area contributed by atoms with Gasteiger partial charge in [-0.15, -0.1) is 0 Å². The molecule has 24 heavy (non-hydrogen) atoms. The molecule has 130 valence electrons. The summed E-state index contributed by atoms with van der Waals surface area (Å²) in [5.74, 6) is 0.807. The summed E-state index contributed by atoms with van der Waals surface area (Å²) in [4.78, 5) is 10.5. The SMILES string of the molecule is Clc1nccc2[nH]c(CC3CCCCC3)c(CN3CCOCC3)c12. The fourth-order valence-electron chi connectivity index (χ4n) is 4.23. The molecular weight excluding hydrogens is 322 g/mol. The summed E-state index contributed by atoms with van der Waals surface area (Å²) >= 11 is 6.46. The average Bonchev–Trinajstić information content (AvgIpc) is 2.95. The minimum absolute atomic E-state index is 0.627. The van der Waals surface area contributed by atoms with Crippen LogP contribution in [0.5, 0.6) is 0 Å². The molecular formula is C19H26ClN3O. The van der Waals surface area contributed by atoms with E-state index in [0.29, 0.717) is 5.15 Å². The van der Waals surface area contributed by atoms with Crippen molar-refractivity contribution in [1.29, 1.82) is 0 Å². The Hall–Kier alpha value is -1.10. The number of halogens is 1. The van der Waals surface area contributed by atoms with E-state index in [2.05, 4.69) is 14.9 Å². The van der Waals surface area contributed by atoms with Crippen LogP contribution in [0.25, 0.3) is 10.9 Å². The Labute approximate surface area is 148 Å². The Morgan fingerprint density at radius 1 is 1.21 bits per heavy atom. The lowest BCUT2D eigenvalue weighted by molar-refractivity contribution is 0.0342. The first-order valence-electron chi connectivity index (χ1n) is 9.25. The lowest BCUT2D eigenvalue weighted by atomic mass is 9.85. The van der Waals surface area contributed by atoms with Crippen molar-refractivity contribution in [1.82, 2.24) is 14.9 Å². The van der Waals surface area contributed by atoms with Gasteiger partial charge in [0.2, 0.25) is 0 Å². The first-order chi connectivity index (χ1) is 11.8. The largest absolute Gasteiger partial charge is 0.379 e. The number of hydrogen-bond donors (Lipinski definition) is 1. The summed E-state index contributed by atoms with van der Waals surface area (Å²) in [6, 6.07) is 2.05. The molecule has 0 atom stereocenters. The summed E-state index contributed by atoms with van der Waals surface area (Å²) in [6.07, 6.45) is 9.82. The maximum atomic E-state index is 6.46. The van der Waals surface area contributed by atoms with Gasteiger partial charge in [-0.3, -0.25) is 4.90 Å². The summed E-state index contributed by atoms with van der Waals surface area (Å²) in [7, 11) is 0. The number of rotatable bonds is 4. The molecule has 0 aromatic carbocycles. The van der Waals surface area contributed by atoms with E-state index in [1.807, 2.05) is 6.07 Å². The highest BCUT2D eigenvalue weighted by Gasteiger charge is 2.22. The van der Waals surface area contributed by atoms with Gasteiger partial charge < -0.3 is 9.72 Å². The Bertz CT molecular complexity index is 687. The van der Waals surface area contributed by atoms with Gasteiger partial charge in [0.25, 0.3) is 0 Å². The van der Waals surface area contributed by atoms with Crippen LogP contribution in [0.2, 0.25) is 5.15 Å². The fraction of sp³-hybridized carbons (Fsp3) is 0.632. The van der Waals surface area contributed by atoms with Gasteiger partial charge in [0.1, 0.15) is 5.15 Å². The molecule has 0 amide bonds. The normalized spacial score (nSPS) is 20.7. The van der Waals surface area contributed by atoms with E-state index in [9.17, 15) is 0 Å². The number of aromatic amines is 1. The minimum Gasteiger partial charge on any atom is -0.379 e. The number of nitrogens with one attached hydrogen (secondary N) is 1. The first kappa shape index (κ1) is 16.4. The van der Waals surface area contributed by atoms with Crippen LogP contribution in [-0.4, -0.2) is 41.2 Å². The molecule has 1 saturated heterocycles. The van der Waals surface area contributed by atoms with Gasteiger partial charge in [-0.1, -0.05) is 43.7 Å². The molecule has 1 N–H and O–H groups in total. The van der Waals surface area contributed by atoms with Crippen LogP contribution in [0.3, 0.4) is 0 Å². The predicted octanol–water partition coefficient (Wildman–Crippen LogP) is 4.17. The Kier molecular flexibility index (Phi) is 5.06. The smallest absolute Gasteiger partial charge is 0.138 e. The Balaban J connectivity index is 1.65. The van der Waals surface area contributed by atoms with E-state index in [0.717, 1.165) is 56.1 Å². The molecule has 2 fully saturated rings. The molecule has 0 spiro atoms. The first-order valence-corrected chi connectivity index (χ1v) is 9.63. The summed E-state index contributed by atoms with van der Waals surface area (Å²) in [6.45, 7) is 4.58. The maximum absolute atomic E-state index is 6.46. The summed E-state index contributed by atoms with van der Waals surface area (Å²) in [5, 5.41) is 1.75. The lowest BCUT2D eigenvalue weighted by Crippen LogP contribution is -2.35. The number of hydrogen-bond acceptors (Lipinski definition) is 3. The second-order valence-electron chi connectivity index (χ2n) is 7.20. The van der Waals surface area contributed by atoms with Crippen LogP contribution < -0.4 is 0 Å². The van der Waals surface area contributed by atoms with Crippen molar-refractivity contribution in [3.05, 3.63) is 28.7 Å². The number of H-pyrrole nitrogens is 1. The van der Waals surface area contributed by atoms with E-state index in [4.69, 9.17) is 16.3 Å². The molecule has 0 unspecified atom stereocenters. The number of pyridine rings is 1. The fourth-order valence-corrected chi connectivity index (χ4v) is 4.50. The van der Waals surface area contributed by atoms with E-state index in [1.54, 1.807) is 6.20 Å². The van der Waals surface area contributed by atoms with Crippen LogP contribution in [0, 0.1) is 5.92 Å². The highest BCUT2D eigenvalue weighted by Crippen LogP contribution is 2.33. The van der Waals surface area contributed by atoms with Crippen LogP contribution >= 0.6 is 11.6 Å². The Morgan fingerprint density at radius 3 is 2.79 bits per heavy atom. The van der Waals surface area contributed by atoms with Gasteiger partial charge in [0.05, 0.1) is 18.7 Å². The van der Waals surface area contributed by atoms with Crippen LogP contribution in [0.4, 0.5) is 0 Å². The van der Waals surface area contributed by atoms with Gasteiger partial charge in [-0.2, -0.15) is 0 Å². The minimum atomic E-state index is 0.627. The number of nitrogens with zero attached hydrogens (tertiary/aromatic N) is 2. The topological polar surface area (TPSA) is 41.2 Å². The van der Waals surface area contributed by atoms with Crippen molar-refractivity contribution >= 4 is 22.5 Å². The van der Waals surface area contributed by atoms with E-state index in [1.165, 1.54) is 43.4 Å². The standard InChI is InChI=1S/C19H26ClN3O/c20-19-18-15(13-23-8-10-24-11-9-23)17(22-16(18)6-7-21-19)12-14-4-2-1-3-5-14/h6-7,14,22H,1-5,8-13H2. The molecule has 5 heteroatoms. The molecule has 2 aliphatic rings. The van der Waals surface area contributed by atoms with Crippen molar-refractivity contribution < 1.29 is 4.74 Å². The molecule has 4 rings (SSSR count). The predicted molar refractivity (Wildman–Crippen MR) is 97.5 cm³/mol. The second kappa shape index (κ2) is 7.42. The zero-order chi connectivity index (χ0) is 16.4. The van der Waals surface area contributed by atoms with Gasteiger partial charge >= 0.3 is 0 Å². The number of morpholine rings is 1. The third-order valence-electron chi connectivity index (χ3n) is 5.56. The Morgan fingerprint density at radius 2 is 2.00 bits per heavy atom. The van der Waals surface area contributed by atoms with Crippen molar-refractivity contribution in [3.63, 3.8) is 0 Å². The molecule has 1 aliphatic heterocycles. The highest BCUT2D eigenvalue weighted by molar-refractivity contribution is 6.34. The van der Waals surface area contributed by atoms with E-state index >= 15 is 0 Å². The molecule has 4 nitrogen and oxygen atoms in total. The quantitative estimate of drug-likeness (QED) is 0.844. The average molecular weight is 348 g/mol. The van der Waals surface area contributed by atoms with Gasteiger partial charge in [0.15, 0.2) is 0 Å². The monoisotopic (exact) mass is 347 g/mol. The van der Waals surface area contributed by atoms with Crippen molar-refractivity contribution in [3.8, 4) is 0 Å². The van der Waals surface area contributed by atoms with E-state index < -0.39 is 0 Å². The van der Waals surface area contributed by atoms with Crippen LogP contribution in [0.1, 0.15) is 43.4 Å². The number of fused-ring (bicyclic) bond motifs is 1. The van der Waals surface area contributed by atoms with Crippen molar-refractivity contribution in [2.45, 2.75) is 45.1 Å². The molecule has 1 aliphatic carbocycles. The van der Waals surface area contributed by atoms with Crippen molar-refractivity contribution in [2.75, 3.05) is 26.3 Å². The van der Waals surface area contributed by atoms with Gasteiger partial charge in [0, 0.05) is 36.9 Å². The zero-order valence-electron chi connectivity index (χ0n) is 14.2. The number of aromatic nitrogens is 2. The third kappa shape index (κ3) is 3.46. The summed E-state index contributed by atoms with van der Waals surface area (Å²) < 4.78 is 5.49. The van der Waals surface area contributed by atoms with Crippen LogP contribution in [-0.2, 0) is 17.7 Å². The molecule has 3 heterocycles. The van der Waals surface area contributed by atoms with E-state index in [-0.39, 0.29) is 0 Å². The second-order valence-corrected chi connectivity index (χ2v) is 7.56. The third-order valence-corrected chi connectivity index (χ3v) is 5.85. The number of ether oxygens (including phenoxy) is 1. The maximum Gasteiger partial charge on any atom is 0.138 e. The zero-order valence-corrected chi connectivity index (χ0v) is 14.9.